The van der Waals surface area contributed by atoms with Crippen molar-refractivity contribution >= 4 is 58.6 Å². The van der Waals surface area contributed by atoms with Crippen molar-refractivity contribution in [2.24, 2.45) is 0 Å². The highest BCUT2D eigenvalue weighted by Crippen LogP contribution is 2.42. The Balaban J connectivity index is 1.33. The van der Waals surface area contributed by atoms with Gasteiger partial charge in [-0.1, -0.05) is 59.5 Å². The lowest BCUT2D eigenvalue weighted by Gasteiger charge is -2.49. The molecule has 3 heterocycles. The van der Waals surface area contributed by atoms with E-state index in [1.54, 1.807) is 30.3 Å². The first-order chi connectivity index (χ1) is 19.7. The summed E-state index contributed by atoms with van der Waals surface area (Å²) < 4.78 is 0.694. The van der Waals surface area contributed by atoms with Gasteiger partial charge in [-0.05, 0) is 30.2 Å². The summed E-state index contributed by atoms with van der Waals surface area (Å²) in [5.74, 6) is -3.81. The number of fused-ring (bicyclic) bond motifs is 1. The number of carboxylic acid groups (broad SMARTS) is 1. The number of hydrogen-bond acceptors (Lipinski definition) is 11. The molecule has 5 rings (SSSR count). The van der Waals surface area contributed by atoms with Crippen molar-refractivity contribution in [3.05, 3.63) is 75.9 Å². The smallest absolute Gasteiger partial charge is 0.352 e. The summed E-state index contributed by atoms with van der Waals surface area (Å²) in [6.45, 7) is 1.82. The zero-order valence-electron chi connectivity index (χ0n) is 21.3. The number of nitrogens with one attached hydrogen (secondary N) is 2. The van der Waals surface area contributed by atoms with Gasteiger partial charge in [-0.25, -0.2) is 4.79 Å². The van der Waals surface area contributed by atoms with Crippen molar-refractivity contribution in [1.29, 1.82) is 0 Å². The van der Waals surface area contributed by atoms with Crippen LogP contribution in [0.15, 0.2) is 64.1 Å². The first-order valence-electron chi connectivity index (χ1n) is 12.2. The molecule has 12 nitrogen and oxygen atoms in total. The minimum Gasteiger partial charge on any atom is -0.504 e. The molecule has 3 amide bonds. The van der Waals surface area contributed by atoms with Crippen LogP contribution in [0.5, 0.6) is 11.5 Å². The third-order valence-corrected chi connectivity index (χ3v) is 9.75. The predicted octanol–water partition coefficient (Wildman–Crippen LogP) is 2.26. The second kappa shape index (κ2) is 11.8. The molecule has 0 bridgehead atoms. The number of phenolic OH excluding ortho intramolecular Hbond substituents is 2. The van der Waals surface area contributed by atoms with Crippen molar-refractivity contribution in [3.63, 3.8) is 0 Å². The number of aromatic hydroxyl groups is 2. The summed E-state index contributed by atoms with van der Waals surface area (Å²) in [4.78, 5) is 53.0. The second-order valence-electron chi connectivity index (χ2n) is 9.02. The number of aryl methyl sites for hydroxylation is 1. The molecule has 41 heavy (non-hydrogen) atoms. The van der Waals surface area contributed by atoms with E-state index in [0.29, 0.717) is 27.0 Å². The number of carboxylic acids is 1. The van der Waals surface area contributed by atoms with Gasteiger partial charge in [-0.15, -0.1) is 22.0 Å². The fraction of sp³-hybridized carbons (Fsp3) is 0.231. The Hall–Kier alpha value is -4.08. The van der Waals surface area contributed by atoms with Crippen LogP contribution in [0, 0.1) is 6.92 Å². The molecule has 0 aliphatic carbocycles. The molecule has 2 unspecified atom stereocenters. The number of para-hydroxylation sites is 1. The van der Waals surface area contributed by atoms with E-state index in [9.17, 15) is 34.5 Å². The van der Waals surface area contributed by atoms with Crippen LogP contribution in [0.25, 0.3) is 0 Å². The third-order valence-electron chi connectivity index (χ3n) is 6.35. The van der Waals surface area contributed by atoms with Gasteiger partial charge in [0, 0.05) is 11.5 Å². The number of rotatable bonds is 9. The Kier molecular flexibility index (Phi) is 8.19. The summed E-state index contributed by atoms with van der Waals surface area (Å²) in [6.07, 6.45) is 0. The van der Waals surface area contributed by atoms with Crippen molar-refractivity contribution in [1.82, 2.24) is 25.7 Å². The predicted molar refractivity (Wildman–Crippen MR) is 151 cm³/mol. The maximum atomic E-state index is 13.5. The number of β-lactam (4-membered cyclic amide) rings is 1. The van der Waals surface area contributed by atoms with Crippen molar-refractivity contribution in [3.8, 4) is 11.5 Å². The van der Waals surface area contributed by atoms with Crippen LogP contribution in [-0.2, 0) is 14.4 Å². The summed E-state index contributed by atoms with van der Waals surface area (Å²) in [5, 5.41) is 43.2. The van der Waals surface area contributed by atoms with Crippen molar-refractivity contribution in [2.45, 2.75) is 28.7 Å². The van der Waals surface area contributed by atoms with Crippen LogP contribution in [0.3, 0.4) is 0 Å². The van der Waals surface area contributed by atoms with Gasteiger partial charge in [0.2, 0.25) is 5.91 Å². The Labute approximate surface area is 245 Å². The molecule has 15 heteroatoms. The average Bonchev–Trinajstić information content (AvgIpc) is 3.39. The van der Waals surface area contributed by atoms with Gasteiger partial charge in [0.25, 0.3) is 11.8 Å². The molecule has 212 valence electrons. The van der Waals surface area contributed by atoms with Gasteiger partial charge in [-0.2, -0.15) is 0 Å². The molecule has 2 aliphatic rings. The van der Waals surface area contributed by atoms with E-state index in [4.69, 9.17) is 0 Å². The highest BCUT2D eigenvalue weighted by Gasteiger charge is 2.54. The lowest BCUT2D eigenvalue weighted by molar-refractivity contribution is -0.151. The summed E-state index contributed by atoms with van der Waals surface area (Å²) in [6, 6.07) is 9.92. The van der Waals surface area contributed by atoms with Crippen molar-refractivity contribution in [2.75, 3.05) is 11.5 Å². The van der Waals surface area contributed by atoms with Crippen LogP contribution >= 0.6 is 34.9 Å². The van der Waals surface area contributed by atoms with Crippen LogP contribution in [0.4, 0.5) is 0 Å². The zero-order chi connectivity index (χ0) is 29.3. The average molecular weight is 614 g/mol. The number of aliphatic carboxylic acids is 1. The van der Waals surface area contributed by atoms with Crippen LogP contribution in [-0.4, -0.2) is 77.0 Å². The monoisotopic (exact) mass is 613 g/mol. The molecule has 5 N–H and O–H groups in total. The van der Waals surface area contributed by atoms with E-state index in [-0.39, 0.29) is 11.3 Å². The van der Waals surface area contributed by atoms with Crippen LogP contribution < -0.4 is 10.6 Å². The molecule has 2 aliphatic heterocycles. The molecule has 1 saturated heterocycles. The Morgan fingerprint density at radius 1 is 1.12 bits per heavy atom. The zero-order valence-corrected chi connectivity index (χ0v) is 23.8. The van der Waals surface area contributed by atoms with Gasteiger partial charge in [0.05, 0.1) is 5.56 Å². The van der Waals surface area contributed by atoms with E-state index in [1.165, 1.54) is 58.0 Å². The van der Waals surface area contributed by atoms with Gasteiger partial charge in [0.1, 0.15) is 28.2 Å². The number of nitrogens with zero attached hydrogens (tertiary/aromatic N) is 3. The number of amides is 3. The van der Waals surface area contributed by atoms with E-state index in [2.05, 4.69) is 20.8 Å². The number of benzene rings is 2. The van der Waals surface area contributed by atoms with Gasteiger partial charge in [-0.3, -0.25) is 19.3 Å². The number of carbonyl (C=O) groups is 4. The maximum absolute atomic E-state index is 13.5. The molecular weight excluding hydrogens is 591 g/mol. The van der Waals surface area contributed by atoms with Crippen LogP contribution in [0.2, 0.25) is 0 Å². The quantitative estimate of drug-likeness (QED) is 0.136. The van der Waals surface area contributed by atoms with E-state index >= 15 is 0 Å². The standard InChI is InChI=1S/C26H23N5O7S3/c1-12-29-30-26(41-12)40-11-14-10-39-24-18(23(36)31(24)19(14)25(37)38)28-22(35)17(13-6-3-2-4-7-13)27-21(34)15-8-5-9-16(32)20(15)33/h2-9,17-18,24,32-33H,10-11H2,1H3,(H,27,34)(H,28,35)(H,37,38)/t17?,18?,24-/m0/s1. The number of aromatic nitrogens is 2. The first-order valence-corrected chi connectivity index (χ1v) is 15.0. The molecule has 0 radical (unpaired) electrons. The highest BCUT2D eigenvalue weighted by atomic mass is 32.2. The summed E-state index contributed by atoms with van der Waals surface area (Å²) in [7, 11) is 0. The normalized spacial score (nSPS) is 18.8. The molecule has 3 aromatic rings. The topological polar surface area (TPSA) is 182 Å². The lowest BCUT2D eigenvalue weighted by atomic mass is 10.0. The summed E-state index contributed by atoms with van der Waals surface area (Å²) >= 11 is 4.07. The molecule has 0 saturated carbocycles. The molecule has 3 atom stereocenters. The molecule has 1 fully saturated rings. The minimum atomic E-state index is -1.25. The van der Waals surface area contributed by atoms with E-state index in [1.807, 2.05) is 6.92 Å². The number of hydrogen-bond donors (Lipinski definition) is 5. The molecule has 1 aromatic heterocycles. The molecular formula is C26H23N5O7S3. The molecule has 2 aromatic carbocycles. The minimum absolute atomic E-state index is 0.106. The highest BCUT2D eigenvalue weighted by molar-refractivity contribution is 8.01. The first kappa shape index (κ1) is 28.4. The largest absolute Gasteiger partial charge is 0.504 e. The lowest BCUT2D eigenvalue weighted by Crippen LogP contribution is -2.71. The summed E-state index contributed by atoms with van der Waals surface area (Å²) in [5.41, 5.74) is 0.633. The Morgan fingerprint density at radius 2 is 1.88 bits per heavy atom. The fourth-order valence-corrected chi connectivity index (χ4v) is 7.69. The second-order valence-corrected chi connectivity index (χ2v) is 12.5. The van der Waals surface area contributed by atoms with E-state index < -0.39 is 52.6 Å². The Bertz CT molecular complexity index is 1560. The molecule has 0 spiro atoms. The van der Waals surface area contributed by atoms with Crippen LogP contribution in [0.1, 0.15) is 27.0 Å². The number of phenols is 2. The number of thioether (sulfide) groups is 2. The number of carbonyl (C=O) groups excluding carboxylic acids is 3. The van der Waals surface area contributed by atoms with Gasteiger partial charge < -0.3 is 26.0 Å². The fourth-order valence-electron chi connectivity index (χ4n) is 4.39. The van der Waals surface area contributed by atoms with E-state index in [0.717, 1.165) is 5.01 Å². The van der Waals surface area contributed by atoms with Gasteiger partial charge >= 0.3 is 5.97 Å². The third kappa shape index (κ3) is 5.73. The van der Waals surface area contributed by atoms with Crippen molar-refractivity contribution < 1.29 is 34.5 Å². The van der Waals surface area contributed by atoms with Gasteiger partial charge in [0.15, 0.2) is 15.8 Å². The maximum Gasteiger partial charge on any atom is 0.352 e. The Morgan fingerprint density at radius 3 is 2.56 bits per heavy atom. The SMILES string of the molecule is Cc1nnc(SCC2=C(C(=O)O)N3C(=O)C(NC(=O)C(NC(=O)c4cccc(O)c4O)c4ccccc4)[C@@H]3SC2)s1.